The first kappa shape index (κ1) is 10.9. The molecule has 1 spiro atoms. The SMILES string of the molecule is CCOC(=O)C1COC2(COC(C)C2)N1. The van der Waals surface area contributed by atoms with Crippen molar-refractivity contribution in [3.8, 4) is 0 Å². The molecule has 2 rings (SSSR count). The van der Waals surface area contributed by atoms with Crippen molar-refractivity contribution in [2.45, 2.75) is 38.1 Å². The van der Waals surface area contributed by atoms with Crippen molar-refractivity contribution in [3.63, 3.8) is 0 Å². The molecule has 5 nitrogen and oxygen atoms in total. The minimum absolute atomic E-state index is 0.179. The lowest BCUT2D eigenvalue weighted by atomic mass is 10.1. The molecule has 2 aliphatic rings. The molecule has 86 valence electrons. The van der Waals surface area contributed by atoms with Crippen molar-refractivity contribution in [1.82, 2.24) is 5.32 Å². The maximum Gasteiger partial charge on any atom is 0.325 e. The summed E-state index contributed by atoms with van der Waals surface area (Å²) in [6.45, 7) is 5.07. The van der Waals surface area contributed by atoms with E-state index in [2.05, 4.69) is 5.32 Å². The molecule has 5 heteroatoms. The van der Waals surface area contributed by atoms with Crippen LogP contribution >= 0.6 is 0 Å². The van der Waals surface area contributed by atoms with Gasteiger partial charge >= 0.3 is 5.97 Å². The second kappa shape index (κ2) is 4.08. The first-order valence-electron chi connectivity index (χ1n) is 5.35. The van der Waals surface area contributed by atoms with E-state index in [-0.39, 0.29) is 18.1 Å². The lowest BCUT2D eigenvalue weighted by Gasteiger charge is -2.21. The third-order valence-electron chi connectivity index (χ3n) is 2.75. The van der Waals surface area contributed by atoms with Crippen LogP contribution in [0.15, 0.2) is 0 Å². The predicted molar refractivity (Wildman–Crippen MR) is 52.3 cm³/mol. The molecule has 2 heterocycles. The Hall–Kier alpha value is -0.650. The molecule has 0 saturated carbocycles. The van der Waals surface area contributed by atoms with Gasteiger partial charge in [-0.25, -0.2) is 0 Å². The second-order valence-corrected chi connectivity index (χ2v) is 4.08. The van der Waals surface area contributed by atoms with E-state index in [0.29, 0.717) is 19.8 Å². The largest absolute Gasteiger partial charge is 0.465 e. The Kier molecular flexibility index (Phi) is 2.95. The predicted octanol–water partition coefficient (Wildman–Crippen LogP) is 0.0430. The summed E-state index contributed by atoms with van der Waals surface area (Å²) < 4.78 is 16.0. The van der Waals surface area contributed by atoms with Gasteiger partial charge in [-0.2, -0.15) is 0 Å². The zero-order valence-electron chi connectivity index (χ0n) is 9.12. The lowest BCUT2D eigenvalue weighted by Crippen LogP contribution is -2.47. The van der Waals surface area contributed by atoms with E-state index in [1.165, 1.54) is 0 Å². The number of ether oxygens (including phenoxy) is 3. The van der Waals surface area contributed by atoms with Crippen LogP contribution in [0.5, 0.6) is 0 Å². The van der Waals surface area contributed by atoms with Gasteiger partial charge in [-0.3, -0.25) is 10.1 Å². The third kappa shape index (κ3) is 2.14. The molecule has 3 unspecified atom stereocenters. The Labute approximate surface area is 89.1 Å². The summed E-state index contributed by atoms with van der Waals surface area (Å²) in [6.07, 6.45) is 0.960. The normalized spacial score (nSPS) is 39.9. The fraction of sp³-hybridized carbons (Fsp3) is 0.900. The Bertz CT molecular complexity index is 258. The van der Waals surface area contributed by atoms with Gasteiger partial charge in [-0.05, 0) is 13.8 Å². The molecule has 0 amide bonds. The number of esters is 1. The van der Waals surface area contributed by atoms with E-state index in [1.807, 2.05) is 6.92 Å². The number of carbonyl (C=O) groups is 1. The monoisotopic (exact) mass is 215 g/mol. The maximum atomic E-state index is 11.5. The number of nitrogens with one attached hydrogen (secondary N) is 1. The molecule has 2 saturated heterocycles. The van der Waals surface area contributed by atoms with Gasteiger partial charge in [-0.15, -0.1) is 0 Å². The molecule has 0 radical (unpaired) electrons. The molecule has 0 aromatic heterocycles. The highest BCUT2D eigenvalue weighted by molar-refractivity contribution is 5.76. The quantitative estimate of drug-likeness (QED) is 0.659. The molecule has 2 fully saturated rings. The van der Waals surface area contributed by atoms with Gasteiger partial charge in [0.25, 0.3) is 0 Å². The minimum Gasteiger partial charge on any atom is -0.465 e. The van der Waals surface area contributed by atoms with E-state index >= 15 is 0 Å². The third-order valence-corrected chi connectivity index (χ3v) is 2.75. The minimum atomic E-state index is -0.461. The molecule has 1 N–H and O–H groups in total. The number of hydrogen-bond acceptors (Lipinski definition) is 5. The smallest absolute Gasteiger partial charge is 0.325 e. The average Bonchev–Trinajstić information content (AvgIpc) is 2.76. The zero-order valence-corrected chi connectivity index (χ0v) is 9.12. The van der Waals surface area contributed by atoms with Gasteiger partial charge in [0.1, 0.15) is 11.8 Å². The molecule has 0 bridgehead atoms. The van der Waals surface area contributed by atoms with Crippen LogP contribution in [0, 0.1) is 0 Å². The van der Waals surface area contributed by atoms with Crippen LogP contribution in [0.1, 0.15) is 20.3 Å². The van der Waals surface area contributed by atoms with E-state index in [9.17, 15) is 4.79 Å². The number of hydrogen-bond donors (Lipinski definition) is 1. The molecule has 0 aromatic carbocycles. The van der Waals surface area contributed by atoms with Crippen molar-refractivity contribution in [1.29, 1.82) is 0 Å². The standard InChI is InChI=1S/C10H17NO4/c1-3-13-9(12)8-5-15-10(11-8)4-7(2)14-6-10/h7-8,11H,3-6H2,1-2H3. The van der Waals surface area contributed by atoms with Crippen molar-refractivity contribution in [3.05, 3.63) is 0 Å². The van der Waals surface area contributed by atoms with Crippen LogP contribution < -0.4 is 5.32 Å². The maximum absolute atomic E-state index is 11.5. The fourth-order valence-corrected chi connectivity index (χ4v) is 2.07. The van der Waals surface area contributed by atoms with Gasteiger partial charge in [0.15, 0.2) is 0 Å². The Morgan fingerprint density at radius 1 is 1.67 bits per heavy atom. The van der Waals surface area contributed by atoms with Crippen LogP contribution in [0.25, 0.3) is 0 Å². The summed E-state index contributed by atoms with van der Waals surface area (Å²) in [4.78, 5) is 11.5. The van der Waals surface area contributed by atoms with Crippen molar-refractivity contribution in [2.75, 3.05) is 19.8 Å². The Morgan fingerprint density at radius 2 is 2.47 bits per heavy atom. The molecule has 2 aliphatic heterocycles. The second-order valence-electron chi connectivity index (χ2n) is 4.08. The zero-order chi connectivity index (χ0) is 10.9. The van der Waals surface area contributed by atoms with Crippen LogP contribution in [0.3, 0.4) is 0 Å². The summed E-state index contributed by atoms with van der Waals surface area (Å²) in [7, 11) is 0. The topological polar surface area (TPSA) is 56.8 Å². The molecular weight excluding hydrogens is 198 g/mol. The fourth-order valence-electron chi connectivity index (χ4n) is 2.07. The summed E-state index contributed by atoms with van der Waals surface area (Å²) in [5, 5.41) is 3.16. The molecule has 15 heavy (non-hydrogen) atoms. The molecule has 0 aliphatic carbocycles. The van der Waals surface area contributed by atoms with Gasteiger partial charge in [0.05, 0.1) is 25.9 Å². The van der Waals surface area contributed by atoms with Gasteiger partial charge in [0.2, 0.25) is 0 Å². The Balaban J connectivity index is 1.92. The van der Waals surface area contributed by atoms with Crippen LogP contribution in [0.2, 0.25) is 0 Å². The van der Waals surface area contributed by atoms with Crippen molar-refractivity contribution >= 4 is 5.97 Å². The average molecular weight is 215 g/mol. The molecular formula is C10H17NO4. The van der Waals surface area contributed by atoms with Gasteiger partial charge < -0.3 is 14.2 Å². The van der Waals surface area contributed by atoms with E-state index in [0.717, 1.165) is 6.42 Å². The highest BCUT2D eigenvalue weighted by atomic mass is 16.6. The summed E-state index contributed by atoms with van der Waals surface area (Å²) in [5.74, 6) is -0.242. The van der Waals surface area contributed by atoms with E-state index in [4.69, 9.17) is 14.2 Å². The van der Waals surface area contributed by atoms with Crippen LogP contribution in [-0.4, -0.2) is 43.7 Å². The highest BCUT2D eigenvalue weighted by Gasteiger charge is 2.47. The van der Waals surface area contributed by atoms with Crippen molar-refractivity contribution < 1.29 is 19.0 Å². The van der Waals surface area contributed by atoms with Crippen molar-refractivity contribution in [2.24, 2.45) is 0 Å². The lowest BCUT2D eigenvalue weighted by molar-refractivity contribution is -0.145. The summed E-state index contributed by atoms with van der Waals surface area (Å²) in [6, 6.07) is -0.348. The summed E-state index contributed by atoms with van der Waals surface area (Å²) >= 11 is 0. The molecule has 3 atom stereocenters. The van der Waals surface area contributed by atoms with Crippen LogP contribution in [0.4, 0.5) is 0 Å². The van der Waals surface area contributed by atoms with E-state index < -0.39 is 5.72 Å². The Morgan fingerprint density at radius 3 is 3.07 bits per heavy atom. The first-order chi connectivity index (χ1) is 7.15. The number of rotatable bonds is 2. The van der Waals surface area contributed by atoms with Crippen LogP contribution in [-0.2, 0) is 19.0 Å². The molecule has 0 aromatic rings. The first-order valence-corrected chi connectivity index (χ1v) is 5.35. The van der Waals surface area contributed by atoms with Gasteiger partial charge in [0, 0.05) is 6.42 Å². The summed E-state index contributed by atoms with van der Waals surface area (Å²) in [5.41, 5.74) is -0.461. The van der Waals surface area contributed by atoms with E-state index in [1.54, 1.807) is 6.92 Å². The van der Waals surface area contributed by atoms with Gasteiger partial charge in [-0.1, -0.05) is 0 Å². The highest BCUT2D eigenvalue weighted by Crippen LogP contribution is 2.29. The number of carbonyl (C=O) groups excluding carboxylic acids is 1.